The molecule has 0 fully saturated rings. The minimum absolute atomic E-state index is 0.274. The van der Waals surface area contributed by atoms with Crippen LogP contribution < -0.4 is 5.01 Å². The van der Waals surface area contributed by atoms with Gasteiger partial charge in [0.2, 0.25) is 5.95 Å². The van der Waals surface area contributed by atoms with Gasteiger partial charge >= 0.3 is 0 Å². The van der Waals surface area contributed by atoms with Crippen molar-refractivity contribution in [2.24, 2.45) is 5.10 Å². The molecule has 1 unspecified atom stereocenters. The van der Waals surface area contributed by atoms with E-state index in [1.54, 1.807) is 17.1 Å². The summed E-state index contributed by atoms with van der Waals surface area (Å²) in [5.74, 6) is 0.142. The monoisotopic (exact) mass is 492 g/mol. The summed E-state index contributed by atoms with van der Waals surface area (Å²) in [4.78, 5) is 9.83. The Labute approximate surface area is 213 Å². The number of benzene rings is 4. The molecule has 2 heterocycles. The number of aryl methyl sites for hydroxylation is 1. The summed E-state index contributed by atoms with van der Waals surface area (Å²) in [6.07, 6.45) is 0.535. The van der Waals surface area contributed by atoms with Crippen molar-refractivity contribution in [2.75, 3.05) is 5.01 Å². The average Bonchev–Trinajstić information content (AvgIpc) is 3.34. The molecular formula is C30H22ClFN4. The highest BCUT2D eigenvalue weighted by atomic mass is 35.5. The summed E-state index contributed by atoms with van der Waals surface area (Å²) < 4.78 is 15.0. The Balaban J connectivity index is 1.56. The number of hydrogen-bond donors (Lipinski definition) is 0. The van der Waals surface area contributed by atoms with Crippen LogP contribution in [0, 0.1) is 12.7 Å². The van der Waals surface area contributed by atoms with Gasteiger partial charge in [-0.05, 0) is 36.8 Å². The van der Waals surface area contributed by atoms with Crippen molar-refractivity contribution in [2.45, 2.75) is 19.4 Å². The van der Waals surface area contributed by atoms with Crippen LogP contribution in [0.25, 0.3) is 22.2 Å². The highest BCUT2D eigenvalue weighted by Gasteiger charge is 2.33. The molecule has 0 saturated carbocycles. The summed E-state index contributed by atoms with van der Waals surface area (Å²) in [7, 11) is 0. The number of hydrogen-bond acceptors (Lipinski definition) is 4. The maximum atomic E-state index is 15.0. The van der Waals surface area contributed by atoms with Gasteiger partial charge in [-0.25, -0.2) is 19.4 Å². The maximum absolute atomic E-state index is 15.0. The van der Waals surface area contributed by atoms with Gasteiger partial charge in [-0.15, -0.1) is 0 Å². The zero-order valence-electron chi connectivity index (χ0n) is 19.6. The van der Waals surface area contributed by atoms with E-state index in [2.05, 4.69) is 19.1 Å². The maximum Gasteiger partial charge on any atom is 0.247 e. The molecular weight excluding hydrogens is 471 g/mol. The molecule has 6 rings (SSSR count). The van der Waals surface area contributed by atoms with E-state index < -0.39 is 0 Å². The van der Waals surface area contributed by atoms with Gasteiger partial charge in [0.1, 0.15) is 5.82 Å². The van der Waals surface area contributed by atoms with Crippen molar-refractivity contribution in [1.82, 2.24) is 9.97 Å². The normalized spacial score (nSPS) is 15.4. The van der Waals surface area contributed by atoms with E-state index in [-0.39, 0.29) is 11.9 Å². The topological polar surface area (TPSA) is 41.4 Å². The second-order valence-corrected chi connectivity index (χ2v) is 9.34. The number of nitrogens with zero attached hydrogens (tertiary/aromatic N) is 4. The molecule has 0 radical (unpaired) electrons. The molecule has 6 heteroatoms. The lowest BCUT2D eigenvalue weighted by molar-refractivity contribution is 0.576. The molecule has 1 atom stereocenters. The molecule has 0 aliphatic carbocycles. The first-order valence-electron chi connectivity index (χ1n) is 11.8. The fourth-order valence-corrected chi connectivity index (χ4v) is 4.86. The first-order valence-corrected chi connectivity index (χ1v) is 12.2. The minimum atomic E-state index is -0.380. The fraction of sp³-hybridized carbons (Fsp3) is 0.100. The predicted octanol–water partition coefficient (Wildman–Crippen LogP) is 7.75. The van der Waals surface area contributed by atoms with Gasteiger partial charge in [-0.3, -0.25) is 0 Å². The quantitative estimate of drug-likeness (QED) is 0.257. The smallest absolute Gasteiger partial charge is 0.223 e. The molecule has 5 aromatic rings. The van der Waals surface area contributed by atoms with Crippen LogP contribution in [0.5, 0.6) is 0 Å². The number of anilines is 1. The Morgan fingerprint density at radius 2 is 1.61 bits per heavy atom. The third kappa shape index (κ3) is 4.12. The van der Waals surface area contributed by atoms with Crippen molar-refractivity contribution in [1.29, 1.82) is 0 Å². The number of halogens is 2. The number of aromatic nitrogens is 2. The molecule has 0 N–H and O–H groups in total. The van der Waals surface area contributed by atoms with Gasteiger partial charge < -0.3 is 0 Å². The van der Waals surface area contributed by atoms with E-state index in [0.717, 1.165) is 39.0 Å². The molecule has 0 bridgehead atoms. The first-order chi connectivity index (χ1) is 17.6. The SMILES string of the molecule is Cc1cccc(C2=NN(c3nc(-c4ccccc4)c4cc(Cl)ccc4n3)C(c3ccccc3F)C2)c1. The predicted molar refractivity (Wildman–Crippen MR) is 144 cm³/mol. The summed E-state index contributed by atoms with van der Waals surface area (Å²) >= 11 is 6.34. The third-order valence-electron chi connectivity index (χ3n) is 6.42. The molecule has 176 valence electrons. The van der Waals surface area contributed by atoms with Crippen molar-refractivity contribution in [3.63, 3.8) is 0 Å². The Kier molecular flexibility index (Phi) is 5.70. The molecule has 1 aliphatic rings. The van der Waals surface area contributed by atoms with E-state index in [1.807, 2.05) is 66.7 Å². The fourth-order valence-electron chi connectivity index (χ4n) is 4.69. The van der Waals surface area contributed by atoms with Crippen molar-refractivity contribution in [3.05, 3.63) is 125 Å². The third-order valence-corrected chi connectivity index (χ3v) is 6.66. The Morgan fingerprint density at radius 3 is 2.42 bits per heavy atom. The van der Waals surface area contributed by atoms with Crippen molar-refractivity contribution < 1.29 is 4.39 Å². The molecule has 36 heavy (non-hydrogen) atoms. The van der Waals surface area contributed by atoms with E-state index >= 15 is 4.39 Å². The van der Waals surface area contributed by atoms with Gasteiger partial charge in [-0.1, -0.05) is 90.0 Å². The van der Waals surface area contributed by atoms with Crippen molar-refractivity contribution >= 4 is 34.2 Å². The number of fused-ring (bicyclic) bond motifs is 1. The lowest BCUT2D eigenvalue weighted by atomic mass is 9.97. The van der Waals surface area contributed by atoms with Gasteiger partial charge in [-0.2, -0.15) is 5.10 Å². The molecule has 0 amide bonds. The molecule has 4 aromatic carbocycles. The van der Waals surface area contributed by atoms with Crippen LogP contribution in [0.4, 0.5) is 10.3 Å². The van der Waals surface area contributed by atoms with E-state index in [4.69, 9.17) is 26.7 Å². The van der Waals surface area contributed by atoms with E-state index in [9.17, 15) is 0 Å². The largest absolute Gasteiger partial charge is 0.247 e. The summed E-state index contributed by atoms with van der Waals surface area (Å²) in [5, 5.41) is 8.18. The number of hydrazone groups is 1. The van der Waals surface area contributed by atoms with Crippen LogP contribution in [-0.4, -0.2) is 15.7 Å². The van der Waals surface area contributed by atoms with Crippen LogP contribution in [0.1, 0.15) is 29.2 Å². The van der Waals surface area contributed by atoms with Gasteiger partial charge in [0, 0.05) is 28.0 Å². The second-order valence-electron chi connectivity index (χ2n) is 8.90. The Bertz CT molecular complexity index is 1620. The molecule has 0 spiro atoms. The van der Waals surface area contributed by atoms with Crippen LogP contribution in [-0.2, 0) is 0 Å². The Morgan fingerprint density at radius 1 is 0.833 bits per heavy atom. The van der Waals surface area contributed by atoms with Crippen molar-refractivity contribution in [3.8, 4) is 11.3 Å². The Hall–Kier alpha value is -4.09. The van der Waals surface area contributed by atoms with E-state index in [1.165, 1.54) is 6.07 Å². The standard InChI is InChI=1S/C30H22ClFN4/c1-19-8-7-11-21(16-19)27-18-28(23-12-5-6-13-25(23)32)36(35-27)30-33-26-15-14-22(31)17-24(26)29(34-30)20-9-3-2-4-10-20/h2-17,28H,18H2,1H3. The van der Waals surface area contributed by atoms with Crippen LogP contribution in [0.3, 0.4) is 0 Å². The summed E-state index contributed by atoms with van der Waals surface area (Å²) in [5.41, 5.74) is 6.02. The molecule has 1 aromatic heterocycles. The highest BCUT2D eigenvalue weighted by molar-refractivity contribution is 6.31. The first kappa shape index (κ1) is 22.4. The second kappa shape index (κ2) is 9.17. The summed E-state index contributed by atoms with van der Waals surface area (Å²) in [6.45, 7) is 2.05. The van der Waals surface area contributed by atoms with Gasteiger partial charge in [0.15, 0.2) is 0 Å². The summed E-state index contributed by atoms with van der Waals surface area (Å²) in [6, 6.07) is 30.1. The minimum Gasteiger partial charge on any atom is -0.223 e. The van der Waals surface area contributed by atoms with Gasteiger partial charge in [0.25, 0.3) is 0 Å². The lowest BCUT2D eigenvalue weighted by Crippen LogP contribution is -2.22. The van der Waals surface area contributed by atoms with E-state index in [0.29, 0.717) is 23.0 Å². The van der Waals surface area contributed by atoms with Crippen LogP contribution >= 0.6 is 11.6 Å². The zero-order valence-corrected chi connectivity index (χ0v) is 20.3. The molecule has 1 aliphatic heterocycles. The van der Waals surface area contributed by atoms with Gasteiger partial charge in [0.05, 0.1) is 23.0 Å². The highest BCUT2D eigenvalue weighted by Crippen LogP contribution is 2.38. The van der Waals surface area contributed by atoms with Crippen LogP contribution in [0.15, 0.2) is 102 Å². The molecule has 0 saturated heterocycles. The number of rotatable bonds is 4. The average molecular weight is 493 g/mol. The lowest BCUT2D eigenvalue weighted by Gasteiger charge is -2.23. The molecule has 4 nitrogen and oxygen atoms in total. The van der Waals surface area contributed by atoms with Crippen LogP contribution in [0.2, 0.25) is 5.02 Å². The zero-order chi connectivity index (χ0) is 24.6.